The Labute approximate surface area is 157 Å². The van der Waals surface area contributed by atoms with Crippen molar-refractivity contribution in [3.63, 3.8) is 0 Å². The molecule has 128 valence electrons. The first kappa shape index (κ1) is 17.8. The predicted octanol–water partition coefficient (Wildman–Crippen LogP) is 4.52. The van der Waals surface area contributed by atoms with Crippen LogP contribution in [0.25, 0.3) is 15.8 Å². The van der Waals surface area contributed by atoms with Gasteiger partial charge in [-0.2, -0.15) is 17.0 Å². The molecule has 3 rings (SSSR count). The minimum atomic E-state index is -0.413. The Morgan fingerprint density at radius 3 is 2.92 bits per heavy atom. The zero-order valence-corrected chi connectivity index (χ0v) is 15.9. The number of thiazole rings is 1. The number of fused-ring (bicyclic) bond motifs is 1. The van der Waals surface area contributed by atoms with E-state index in [0.29, 0.717) is 21.9 Å². The molecule has 3 aromatic rings. The summed E-state index contributed by atoms with van der Waals surface area (Å²) in [5.41, 5.74) is 0.979. The molecule has 0 saturated heterocycles. The molecular formula is C16H14N4O2S3. The van der Waals surface area contributed by atoms with E-state index in [0.717, 1.165) is 10.2 Å². The number of hydrogen-bond acceptors (Lipinski definition) is 9. The zero-order chi connectivity index (χ0) is 17.8. The van der Waals surface area contributed by atoms with Gasteiger partial charge in [0.05, 0.1) is 21.2 Å². The van der Waals surface area contributed by atoms with Crippen molar-refractivity contribution >= 4 is 50.7 Å². The van der Waals surface area contributed by atoms with E-state index in [1.807, 2.05) is 30.5 Å². The SMILES string of the molecule is CSCc1nnc(SC(C)/C(O)=C(/C#N)c2nc3ccccc3s2)o1. The van der Waals surface area contributed by atoms with Crippen LogP contribution >= 0.6 is 34.9 Å². The lowest BCUT2D eigenvalue weighted by molar-refractivity contribution is 0.397. The van der Waals surface area contributed by atoms with Crippen LogP contribution in [0.3, 0.4) is 0 Å². The molecule has 0 spiro atoms. The first-order valence-corrected chi connectivity index (χ1v) is 10.4. The average molecular weight is 391 g/mol. The Morgan fingerprint density at radius 2 is 2.20 bits per heavy atom. The quantitative estimate of drug-likeness (QED) is 0.373. The molecule has 9 heteroatoms. The predicted molar refractivity (Wildman–Crippen MR) is 102 cm³/mol. The van der Waals surface area contributed by atoms with E-state index in [1.165, 1.54) is 23.1 Å². The van der Waals surface area contributed by atoms with Crippen LogP contribution in [0, 0.1) is 11.3 Å². The van der Waals surface area contributed by atoms with E-state index in [9.17, 15) is 10.4 Å². The maximum absolute atomic E-state index is 10.5. The third kappa shape index (κ3) is 3.98. The summed E-state index contributed by atoms with van der Waals surface area (Å²) in [4.78, 5) is 4.44. The largest absolute Gasteiger partial charge is 0.510 e. The summed E-state index contributed by atoms with van der Waals surface area (Å²) in [5, 5.41) is 28.4. The maximum Gasteiger partial charge on any atom is 0.277 e. The molecule has 1 atom stereocenters. The Kier molecular flexibility index (Phi) is 5.63. The summed E-state index contributed by atoms with van der Waals surface area (Å²) in [6, 6.07) is 9.69. The van der Waals surface area contributed by atoms with Gasteiger partial charge in [0.25, 0.3) is 5.22 Å². The Morgan fingerprint density at radius 1 is 1.40 bits per heavy atom. The second-order valence-corrected chi connectivity index (χ2v) is 8.20. The van der Waals surface area contributed by atoms with Crippen LogP contribution in [0.15, 0.2) is 39.7 Å². The van der Waals surface area contributed by atoms with Crippen molar-refractivity contribution in [2.45, 2.75) is 23.1 Å². The molecule has 6 nitrogen and oxygen atoms in total. The Balaban J connectivity index is 1.85. The second kappa shape index (κ2) is 7.91. The molecule has 0 bridgehead atoms. The molecule has 1 aromatic carbocycles. The topological polar surface area (TPSA) is 95.8 Å². The number of nitrogens with zero attached hydrogens (tertiary/aromatic N) is 4. The maximum atomic E-state index is 10.5. The number of thioether (sulfide) groups is 2. The van der Waals surface area contributed by atoms with Crippen molar-refractivity contribution in [1.29, 1.82) is 5.26 Å². The summed E-state index contributed by atoms with van der Waals surface area (Å²) in [6.07, 6.45) is 1.95. The van der Waals surface area contributed by atoms with E-state index in [2.05, 4.69) is 21.3 Å². The van der Waals surface area contributed by atoms with Crippen molar-refractivity contribution in [3.05, 3.63) is 40.9 Å². The van der Waals surface area contributed by atoms with Gasteiger partial charge in [-0.15, -0.1) is 21.5 Å². The summed E-state index contributed by atoms with van der Waals surface area (Å²) < 4.78 is 6.47. The van der Waals surface area contributed by atoms with Gasteiger partial charge in [0, 0.05) is 0 Å². The van der Waals surface area contributed by atoms with Crippen molar-refractivity contribution in [2.75, 3.05) is 6.26 Å². The number of allylic oxidation sites excluding steroid dienone is 1. The molecule has 25 heavy (non-hydrogen) atoms. The molecular weight excluding hydrogens is 376 g/mol. The monoisotopic (exact) mass is 390 g/mol. The van der Waals surface area contributed by atoms with E-state index in [1.54, 1.807) is 18.7 Å². The van der Waals surface area contributed by atoms with Crippen LogP contribution in [-0.2, 0) is 5.75 Å². The summed E-state index contributed by atoms with van der Waals surface area (Å²) in [6.45, 7) is 1.78. The molecule has 0 saturated carbocycles. The standard InChI is InChI=1S/C16H14N4O2S3/c1-9(24-16-20-19-13(22-16)8-23-2)14(21)10(7-17)15-18-11-5-3-4-6-12(11)25-15/h3-6,9,21H,8H2,1-2H3/b14-10+. The molecule has 2 aromatic heterocycles. The normalized spacial score (nSPS) is 13.5. The highest BCUT2D eigenvalue weighted by Crippen LogP contribution is 2.33. The fourth-order valence-electron chi connectivity index (χ4n) is 2.07. The second-order valence-electron chi connectivity index (χ2n) is 5.01. The summed E-state index contributed by atoms with van der Waals surface area (Å²) in [5.74, 6) is 1.13. The zero-order valence-electron chi connectivity index (χ0n) is 13.5. The van der Waals surface area contributed by atoms with Gasteiger partial charge in [-0.3, -0.25) is 0 Å². The molecule has 0 radical (unpaired) electrons. The van der Waals surface area contributed by atoms with Crippen LogP contribution in [0.4, 0.5) is 0 Å². The third-order valence-corrected chi connectivity index (χ3v) is 5.79. The van der Waals surface area contributed by atoms with E-state index < -0.39 is 5.25 Å². The van der Waals surface area contributed by atoms with Crippen molar-refractivity contribution < 1.29 is 9.52 Å². The first-order chi connectivity index (χ1) is 12.1. The number of nitriles is 1. The van der Waals surface area contributed by atoms with E-state index >= 15 is 0 Å². The molecule has 2 heterocycles. The molecule has 0 aliphatic rings. The van der Waals surface area contributed by atoms with Gasteiger partial charge in [-0.1, -0.05) is 23.9 Å². The lowest BCUT2D eigenvalue weighted by Crippen LogP contribution is -2.04. The third-order valence-electron chi connectivity index (χ3n) is 3.25. The number of hydrogen-bond donors (Lipinski definition) is 1. The van der Waals surface area contributed by atoms with Gasteiger partial charge in [0.2, 0.25) is 5.89 Å². The number of aromatic nitrogens is 3. The van der Waals surface area contributed by atoms with Crippen LogP contribution in [0.1, 0.15) is 17.8 Å². The van der Waals surface area contributed by atoms with Crippen molar-refractivity contribution in [1.82, 2.24) is 15.2 Å². The lowest BCUT2D eigenvalue weighted by Gasteiger charge is -2.08. The van der Waals surface area contributed by atoms with Crippen LogP contribution in [0.5, 0.6) is 0 Å². The minimum absolute atomic E-state index is 0.0452. The molecule has 1 unspecified atom stereocenters. The summed E-state index contributed by atoms with van der Waals surface area (Å²) >= 11 is 4.18. The molecule has 0 amide bonds. The fraction of sp³-hybridized carbons (Fsp3) is 0.250. The first-order valence-electron chi connectivity index (χ1n) is 7.29. The van der Waals surface area contributed by atoms with E-state index in [-0.39, 0.29) is 11.3 Å². The van der Waals surface area contributed by atoms with E-state index in [4.69, 9.17) is 4.42 Å². The number of para-hydroxylation sites is 1. The van der Waals surface area contributed by atoms with Crippen molar-refractivity contribution in [3.8, 4) is 6.07 Å². The van der Waals surface area contributed by atoms with Gasteiger partial charge < -0.3 is 9.52 Å². The lowest BCUT2D eigenvalue weighted by atomic mass is 10.2. The highest BCUT2D eigenvalue weighted by atomic mass is 32.2. The van der Waals surface area contributed by atoms with Crippen LogP contribution < -0.4 is 0 Å². The van der Waals surface area contributed by atoms with Crippen molar-refractivity contribution in [2.24, 2.45) is 0 Å². The van der Waals surface area contributed by atoms with Gasteiger partial charge >= 0.3 is 0 Å². The number of rotatable bonds is 6. The molecule has 0 fully saturated rings. The number of aliphatic hydroxyl groups is 1. The number of aliphatic hydroxyl groups excluding tert-OH is 1. The average Bonchev–Trinajstić information content (AvgIpc) is 3.22. The van der Waals surface area contributed by atoms with Crippen LogP contribution in [0.2, 0.25) is 0 Å². The number of benzene rings is 1. The molecule has 0 aliphatic carbocycles. The summed E-state index contributed by atoms with van der Waals surface area (Å²) in [7, 11) is 0. The van der Waals surface area contributed by atoms with Gasteiger partial charge in [0.1, 0.15) is 22.4 Å². The van der Waals surface area contributed by atoms with Gasteiger partial charge in [-0.25, -0.2) is 4.98 Å². The Hall–Kier alpha value is -2.02. The molecule has 0 aliphatic heterocycles. The highest BCUT2D eigenvalue weighted by molar-refractivity contribution is 7.99. The smallest absolute Gasteiger partial charge is 0.277 e. The van der Waals surface area contributed by atoms with Gasteiger partial charge in [0.15, 0.2) is 0 Å². The highest BCUT2D eigenvalue weighted by Gasteiger charge is 2.21. The van der Waals surface area contributed by atoms with Crippen LogP contribution in [-0.4, -0.2) is 31.8 Å². The molecule has 1 N–H and O–H groups in total. The minimum Gasteiger partial charge on any atom is -0.510 e. The Bertz CT molecular complexity index is 925. The fourth-order valence-corrected chi connectivity index (χ4v) is 4.17. The van der Waals surface area contributed by atoms with Gasteiger partial charge in [-0.05, 0) is 25.3 Å².